The van der Waals surface area contributed by atoms with Crippen molar-refractivity contribution in [2.75, 3.05) is 13.2 Å². The lowest BCUT2D eigenvalue weighted by atomic mass is 9.92. The van der Waals surface area contributed by atoms with Gasteiger partial charge in [-0.15, -0.1) is 0 Å². The SMILES string of the molecule is NC1(C(=O)NO)COCCC1S(=O)(=O)c1ccc(OCc2ccc(F)cc2)cc1. The number of sulfone groups is 1. The molecule has 0 spiro atoms. The van der Waals surface area contributed by atoms with E-state index in [2.05, 4.69) is 0 Å². The standard InChI is InChI=1S/C19H21FN2O6S/c20-14-3-1-13(2-4-14)11-28-15-5-7-16(8-6-15)29(25,26)17-9-10-27-12-19(17,21)18(23)22-24/h1-8,17,24H,9-12,21H2,(H,22,23). The Kier molecular flexibility index (Phi) is 6.18. The maximum absolute atomic E-state index is 13.1. The molecule has 2 aromatic rings. The molecule has 29 heavy (non-hydrogen) atoms. The number of hydrogen-bond acceptors (Lipinski definition) is 7. The lowest BCUT2D eigenvalue weighted by molar-refractivity contribution is -0.139. The summed E-state index contributed by atoms with van der Waals surface area (Å²) in [6, 6.07) is 11.5. The van der Waals surface area contributed by atoms with Crippen molar-refractivity contribution in [1.82, 2.24) is 5.48 Å². The van der Waals surface area contributed by atoms with Crippen LogP contribution in [0.2, 0.25) is 0 Å². The fraction of sp³-hybridized carbons (Fsp3) is 0.316. The Labute approximate surface area is 167 Å². The Morgan fingerprint density at radius 3 is 2.52 bits per heavy atom. The molecule has 3 rings (SSSR count). The first-order valence-corrected chi connectivity index (χ1v) is 10.3. The maximum Gasteiger partial charge on any atom is 0.267 e. The van der Waals surface area contributed by atoms with Gasteiger partial charge in [0.1, 0.15) is 23.7 Å². The van der Waals surface area contributed by atoms with Crippen molar-refractivity contribution in [1.29, 1.82) is 0 Å². The van der Waals surface area contributed by atoms with E-state index in [9.17, 15) is 17.6 Å². The van der Waals surface area contributed by atoms with Crippen molar-refractivity contribution in [2.24, 2.45) is 5.73 Å². The van der Waals surface area contributed by atoms with Crippen molar-refractivity contribution in [3.8, 4) is 5.75 Å². The van der Waals surface area contributed by atoms with Crippen LogP contribution in [-0.2, 0) is 26.0 Å². The molecular formula is C19H21FN2O6S. The maximum atomic E-state index is 13.1. The Hall–Kier alpha value is -2.53. The first-order chi connectivity index (χ1) is 13.8. The molecule has 0 aromatic heterocycles. The second kappa shape index (κ2) is 8.46. The number of ether oxygens (including phenoxy) is 2. The van der Waals surface area contributed by atoms with E-state index >= 15 is 0 Å². The van der Waals surface area contributed by atoms with E-state index in [0.29, 0.717) is 5.75 Å². The number of hydroxylamine groups is 1. The van der Waals surface area contributed by atoms with Crippen molar-refractivity contribution in [3.05, 3.63) is 59.9 Å². The Morgan fingerprint density at radius 2 is 1.90 bits per heavy atom. The Morgan fingerprint density at radius 1 is 1.24 bits per heavy atom. The van der Waals surface area contributed by atoms with Gasteiger partial charge in [-0.3, -0.25) is 10.0 Å². The van der Waals surface area contributed by atoms with Crippen molar-refractivity contribution < 1.29 is 32.3 Å². The molecule has 2 unspecified atom stereocenters. The molecular weight excluding hydrogens is 403 g/mol. The molecule has 1 saturated heterocycles. The summed E-state index contributed by atoms with van der Waals surface area (Å²) in [5.41, 5.74) is 6.27. The zero-order valence-corrected chi connectivity index (χ0v) is 16.2. The Bertz CT molecular complexity index is 965. The van der Waals surface area contributed by atoms with Gasteiger partial charge in [0.2, 0.25) is 0 Å². The summed E-state index contributed by atoms with van der Waals surface area (Å²) < 4.78 is 49.8. The molecule has 2 aromatic carbocycles. The molecule has 1 heterocycles. The van der Waals surface area contributed by atoms with Gasteiger partial charge in [0, 0.05) is 6.61 Å². The highest BCUT2D eigenvalue weighted by molar-refractivity contribution is 7.92. The normalized spacial score (nSPS) is 22.1. The zero-order valence-electron chi connectivity index (χ0n) is 15.4. The van der Waals surface area contributed by atoms with Crippen LogP contribution < -0.4 is 16.0 Å². The summed E-state index contributed by atoms with van der Waals surface area (Å²) in [6.45, 7) is -0.0164. The van der Waals surface area contributed by atoms with Crippen molar-refractivity contribution >= 4 is 15.7 Å². The van der Waals surface area contributed by atoms with Crippen LogP contribution in [0.3, 0.4) is 0 Å². The summed E-state index contributed by atoms with van der Waals surface area (Å²) in [5.74, 6) is -0.945. The highest BCUT2D eigenvalue weighted by atomic mass is 32.2. The number of hydrogen-bond donors (Lipinski definition) is 3. The van der Waals surface area contributed by atoms with E-state index in [1.807, 2.05) is 0 Å². The topological polar surface area (TPSA) is 128 Å². The van der Waals surface area contributed by atoms with E-state index in [0.717, 1.165) is 5.56 Å². The number of nitrogens with two attached hydrogens (primary N) is 1. The minimum atomic E-state index is -3.99. The molecule has 4 N–H and O–H groups in total. The summed E-state index contributed by atoms with van der Waals surface area (Å²) in [6.07, 6.45) is 0.00900. The minimum Gasteiger partial charge on any atom is -0.489 e. The third kappa shape index (κ3) is 4.40. The molecule has 1 fully saturated rings. The van der Waals surface area contributed by atoms with E-state index in [-0.39, 0.29) is 37.0 Å². The number of carbonyl (C=O) groups is 1. The summed E-state index contributed by atoms with van der Waals surface area (Å²) in [5, 5.41) is 7.68. The van der Waals surface area contributed by atoms with Gasteiger partial charge in [0.15, 0.2) is 9.84 Å². The predicted molar refractivity (Wildman–Crippen MR) is 100 cm³/mol. The van der Waals surface area contributed by atoms with Gasteiger partial charge in [-0.1, -0.05) is 12.1 Å². The predicted octanol–water partition coefficient (Wildman–Crippen LogP) is 1.17. The molecule has 8 nitrogen and oxygen atoms in total. The molecule has 0 radical (unpaired) electrons. The number of nitrogens with one attached hydrogen (secondary N) is 1. The summed E-state index contributed by atoms with van der Waals surface area (Å²) in [4.78, 5) is 12.0. The first kappa shape index (κ1) is 21.2. The number of carbonyl (C=O) groups excluding carboxylic acids is 1. The molecule has 1 aliphatic heterocycles. The lowest BCUT2D eigenvalue weighted by Crippen LogP contribution is -2.67. The molecule has 0 saturated carbocycles. The lowest BCUT2D eigenvalue weighted by Gasteiger charge is -2.38. The fourth-order valence-electron chi connectivity index (χ4n) is 3.17. The average molecular weight is 424 g/mol. The third-order valence-corrected chi connectivity index (χ3v) is 7.14. The molecule has 2 atom stereocenters. The van der Waals surface area contributed by atoms with E-state index in [4.69, 9.17) is 20.4 Å². The van der Waals surface area contributed by atoms with Crippen LogP contribution in [0.4, 0.5) is 4.39 Å². The van der Waals surface area contributed by atoms with Gasteiger partial charge >= 0.3 is 0 Å². The minimum absolute atomic E-state index is 0.00900. The Balaban J connectivity index is 1.76. The number of rotatable bonds is 6. The van der Waals surface area contributed by atoms with Gasteiger partial charge in [-0.05, 0) is 48.4 Å². The van der Waals surface area contributed by atoms with Crippen molar-refractivity contribution in [3.63, 3.8) is 0 Å². The average Bonchev–Trinajstić information content (AvgIpc) is 2.73. The van der Waals surface area contributed by atoms with Crippen LogP contribution in [0.25, 0.3) is 0 Å². The van der Waals surface area contributed by atoms with Gasteiger partial charge in [0.25, 0.3) is 5.91 Å². The van der Waals surface area contributed by atoms with Gasteiger partial charge in [0.05, 0.1) is 16.8 Å². The molecule has 10 heteroatoms. The first-order valence-electron chi connectivity index (χ1n) is 8.80. The van der Waals surface area contributed by atoms with Gasteiger partial charge < -0.3 is 15.2 Å². The second-order valence-corrected chi connectivity index (χ2v) is 8.87. The van der Waals surface area contributed by atoms with Crippen LogP contribution in [0.1, 0.15) is 12.0 Å². The van der Waals surface area contributed by atoms with Crippen LogP contribution >= 0.6 is 0 Å². The van der Waals surface area contributed by atoms with Crippen LogP contribution in [-0.4, -0.2) is 43.5 Å². The van der Waals surface area contributed by atoms with Crippen molar-refractivity contribution in [2.45, 2.75) is 28.7 Å². The van der Waals surface area contributed by atoms with E-state index < -0.39 is 26.5 Å². The van der Waals surface area contributed by atoms with Crippen LogP contribution in [0.15, 0.2) is 53.4 Å². The molecule has 156 valence electrons. The third-order valence-electron chi connectivity index (χ3n) is 4.81. The monoisotopic (exact) mass is 424 g/mol. The molecule has 1 aliphatic rings. The number of halogens is 1. The van der Waals surface area contributed by atoms with Gasteiger partial charge in [-0.2, -0.15) is 0 Å². The number of benzene rings is 2. The van der Waals surface area contributed by atoms with Gasteiger partial charge in [-0.25, -0.2) is 18.3 Å². The van der Waals surface area contributed by atoms with E-state index in [1.54, 1.807) is 12.1 Å². The quantitative estimate of drug-likeness (QED) is 0.469. The zero-order chi connectivity index (χ0) is 21.1. The summed E-state index contributed by atoms with van der Waals surface area (Å²) >= 11 is 0. The number of amides is 1. The smallest absolute Gasteiger partial charge is 0.267 e. The largest absolute Gasteiger partial charge is 0.489 e. The van der Waals surface area contributed by atoms with Crippen LogP contribution in [0.5, 0.6) is 5.75 Å². The fourth-order valence-corrected chi connectivity index (χ4v) is 5.15. The summed E-state index contributed by atoms with van der Waals surface area (Å²) in [7, 11) is -3.99. The van der Waals surface area contributed by atoms with Crippen LogP contribution in [0, 0.1) is 5.82 Å². The highest BCUT2D eigenvalue weighted by Gasteiger charge is 2.51. The molecule has 0 bridgehead atoms. The van der Waals surface area contributed by atoms with E-state index in [1.165, 1.54) is 41.9 Å². The molecule has 0 aliphatic carbocycles. The second-order valence-electron chi connectivity index (χ2n) is 6.74. The highest BCUT2D eigenvalue weighted by Crippen LogP contribution is 2.30. The molecule has 1 amide bonds.